The van der Waals surface area contributed by atoms with Crippen LogP contribution in [0.15, 0.2) is 29.7 Å². The lowest BCUT2D eigenvalue weighted by molar-refractivity contribution is 0.692. The molecule has 0 fully saturated rings. The molecular weight excluding hydrogens is 232 g/mol. The molecule has 4 nitrogen and oxygen atoms in total. The van der Waals surface area contributed by atoms with E-state index >= 15 is 0 Å². The fourth-order valence-electron chi connectivity index (χ4n) is 1.62. The summed E-state index contributed by atoms with van der Waals surface area (Å²) < 4.78 is 2.12. The van der Waals surface area contributed by atoms with Gasteiger partial charge >= 0.3 is 0 Å². The molecule has 0 aliphatic carbocycles. The van der Waals surface area contributed by atoms with Crippen molar-refractivity contribution in [2.24, 2.45) is 0 Å². The summed E-state index contributed by atoms with van der Waals surface area (Å²) in [5.74, 6) is 0.901. The number of hydrogen-bond donors (Lipinski definition) is 1. The van der Waals surface area contributed by atoms with Gasteiger partial charge in [-0.3, -0.25) is 0 Å². The zero-order chi connectivity index (χ0) is 12.1. The van der Waals surface area contributed by atoms with Crippen molar-refractivity contribution in [1.29, 1.82) is 0 Å². The van der Waals surface area contributed by atoms with Crippen molar-refractivity contribution in [3.05, 3.63) is 41.1 Å². The Morgan fingerprint density at radius 3 is 3.18 bits per heavy atom. The number of aromatic nitrogens is 3. The molecule has 0 aliphatic rings. The molecule has 17 heavy (non-hydrogen) atoms. The summed E-state index contributed by atoms with van der Waals surface area (Å²) in [4.78, 5) is 8.71. The maximum atomic E-state index is 4.43. The molecular formula is C12H16N4S. The molecule has 2 aromatic rings. The molecule has 0 unspecified atom stereocenters. The van der Waals surface area contributed by atoms with Crippen LogP contribution in [0, 0.1) is 6.92 Å². The first kappa shape index (κ1) is 11.9. The van der Waals surface area contributed by atoms with E-state index < -0.39 is 0 Å². The third kappa shape index (κ3) is 3.17. The largest absolute Gasteiger partial charge is 0.352 e. The zero-order valence-corrected chi connectivity index (χ0v) is 10.7. The lowest BCUT2D eigenvalue weighted by Crippen LogP contribution is -2.08. The molecule has 0 radical (unpaired) electrons. The standard InChI is InChI=1S/C12H16N4S/c1-3-5-13-12-15-10(2)7-16(12)6-4-11-8-17-9-14-11/h3,7-9H,1,4-6H2,2H3,(H,13,15). The van der Waals surface area contributed by atoms with Crippen LogP contribution in [0.3, 0.4) is 0 Å². The minimum absolute atomic E-state index is 0.729. The highest BCUT2D eigenvalue weighted by Gasteiger charge is 2.05. The van der Waals surface area contributed by atoms with Crippen molar-refractivity contribution >= 4 is 17.3 Å². The predicted molar refractivity (Wildman–Crippen MR) is 71.5 cm³/mol. The lowest BCUT2D eigenvalue weighted by atomic mass is 10.3. The topological polar surface area (TPSA) is 42.7 Å². The SMILES string of the molecule is C=CCNc1nc(C)cn1CCc1cscn1. The summed E-state index contributed by atoms with van der Waals surface area (Å²) in [5.41, 5.74) is 4.02. The summed E-state index contributed by atoms with van der Waals surface area (Å²) >= 11 is 1.63. The van der Waals surface area contributed by atoms with Crippen molar-refractivity contribution in [1.82, 2.24) is 14.5 Å². The van der Waals surface area contributed by atoms with Gasteiger partial charge in [-0.15, -0.1) is 17.9 Å². The van der Waals surface area contributed by atoms with E-state index in [9.17, 15) is 0 Å². The molecule has 5 heteroatoms. The molecule has 0 saturated carbocycles. The maximum Gasteiger partial charge on any atom is 0.203 e. The van der Waals surface area contributed by atoms with Crippen molar-refractivity contribution in [2.45, 2.75) is 19.9 Å². The highest BCUT2D eigenvalue weighted by atomic mass is 32.1. The fraction of sp³-hybridized carbons (Fsp3) is 0.333. The quantitative estimate of drug-likeness (QED) is 0.799. The Hall–Kier alpha value is -1.62. The Bertz CT molecular complexity index is 473. The smallest absolute Gasteiger partial charge is 0.203 e. The zero-order valence-electron chi connectivity index (χ0n) is 9.89. The van der Waals surface area contributed by atoms with Crippen LogP contribution in [-0.2, 0) is 13.0 Å². The van der Waals surface area contributed by atoms with Crippen LogP contribution in [0.25, 0.3) is 0 Å². The normalized spacial score (nSPS) is 10.4. The number of imidazole rings is 1. The molecule has 0 saturated heterocycles. The number of anilines is 1. The number of thiazole rings is 1. The van der Waals surface area contributed by atoms with Crippen LogP contribution in [0.5, 0.6) is 0 Å². The molecule has 1 N–H and O–H groups in total. The van der Waals surface area contributed by atoms with Gasteiger partial charge in [0, 0.05) is 31.1 Å². The average Bonchev–Trinajstić information content (AvgIpc) is 2.93. The van der Waals surface area contributed by atoms with Crippen LogP contribution in [0.4, 0.5) is 5.95 Å². The van der Waals surface area contributed by atoms with Crippen LogP contribution >= 0.6 is 11.3 Å². The number of hydrogen-bond acceptors (Lipinski definition) is 4. The van der Waals surface area contributed by atoms with E-state index in [1.165, 1.54) is 0 Å². The van der Waals surface area contributed by atoms with Gasteiger partial charge in [0.05, 0.1) is 16.9 Å². The maximum absolute atomic E-state index is 4.43. The molecule has 2 rings (SSSR count). The van der Waals surface area contributed by atoms with E-state index in [0.717, 1.165) is 36.8 Å². The Balaban J connectivity index is 2.01. The molecule has 0 bridgehead atoms. The van der Waals surface area contributed by atoms with Crippen LogP contribution in [0.1, 0.15) is 11.4 Å². The van der Waals surface area contributed by atoms with Crippen molar-refractivity contribution < 1.29 is 0 Å². The molecule has 90 valence electrons. The van der Waals surface area contributed by atoms with Crippen molar-refractivity contribution in [3.63, 3.8) is 0 Å². The third-order valence-corrected chi connectivity index (χ3v) is 3.03. The first-order valence-corrected chi connectivity index (χ1v) is 6.49. The van der Waals surface area contributed by atoms with Crippen molar-refractivity contribution in [2.75, 3.05) is 11.9 Å². The second-order valence-corrected chi connectivity index (χ2v) is 4.52. The highest BCUT2D eigenvalue weighted by Crippen LogP contribution is 2.10. The lowest BCUT2D eigenvalue weighted by Gasteiger charge is -2.07. The van der Waals surface area contributed by atoms with Gasteiger partial charge in [0.25, 0.3) is 0 Å². The molecule has 0 aromatic carbocycles. The second kappa shape index (κ2) is 5.63. The molecule has 2 aromatic heterocycles. The second-order valence-electron chi connectivity index (χ2n) is 3.80. The van der Waals surface area contributed by atoms with Gasteiger partial charge in [0.2, 0.25) is 5.95 Å². The monoisotopic (exact) mass is 248 g/mol. The van der Waals surface area contributed by atoms with Gasteiger partial charge in [0.15, 0.2) is 0 Å². The molecule has 0 amide bonds. The molecule has 0 spiro atoms. The summed E-state index contributed by atoms with van der Waals surface area (Å²) in [6.45, 7) is 7.31. The fourth-order valence-corrected chi connectivity index (χ4v) is 2.21. The molecule has 2 heterocycles. The van der Waals surface area contributed by atoms with Gasteiger partial charge in [0.1, 0.15) is 0 Å². The van der Waals surface area contributed by atoms with E-state index in [4.69, 9.17) is 0 Å². The van der Waals surface area contributed by atoms with E-state index in [-0.39, 0.29) is 0 Å². The van der Waals surface area contributed by atoms with Gasteiger partial charge in [-0.1, -0.05) is 6.08 Å². The van der Waals surface area contributed by atoms with Crippen molar-refractivity contribution in [3.8, 4) is 0 Å². The van der Waals surface area contributed by atoms with Gasteiger partial charge in [-0.2, -0.15) is 0 Å². The Morgan fingerprint density at radius 2 is 2.47 bits per heavy atom. The van der Waals surface area contributed by atoms with Gasteiger partial charge < -0.3 is 9.88 Å². The number of nitrogens with zero attached hydrogens (tertiary/aromatic N) is 3. The Morgan fingerprint density at radius 1 is 1.59 bits per heavy atom. The summed E-state index contributed by atoms with van der Waals surface area (Å²) in [6, 6.07) is 0. The van der Waals surface area contributed by atoms with E-state index in [1.807, 2.05) is 18.5 Å². The first-order valence-electron chi connectivity index (χ1n) is 5.55. The van der Waals surface area contributed by atoms with Crippen LogP contribution in [-0.4, -0.2) is 21.1 Å². The summed E-state index contributed by atoms with van der Waals surface area (Å²) in [6.07, 6.45) is 4.81. The Kier molecular flexibility index (Phi) is 3.93. The van der Waals surface area contributed by atoms with E-state index in [2.05, 4.69) is 38.0 Å². The minimum atomic E-state index is 0.729. The van der Waals surface area contributed by atoms with Gasteiger partial charge in [-0.25, -0.2) is 9.97 Å². The average molecular weight is 248 g/mol. The minimum Gasteiger partial charge on any atom is -0.352 e. The first-order chi connectivity index (χ1) is 8.29. The molecule has 0 atom stereocenters. The summed E-state index contributed by atoms with van der Waals surface area (Å²) in [7, 11) is 0. The van der Waals surface area contributed by atoms with Crippen LogP contribution in [0.2, 0.25) is 0 Å². The predicted octanol–water partition coefficient (Wildman–Crippen LogP) is 2.49. The van der Waals surface area contributed by atoms with E-state index in [0.29, 0.717) is 0 Å². The Labute approximate surface area is 105 Å². The molecule has 0 aliphatic heterocycles. The van der Waals surface area contributed by atoms with Crippen LogP contribution < -0.4 is 5.32 Å². The van der Waals surface area contributed by atoms with E-state index in [1.54, 1.807) is 11.3 Å². The van der Waals surface area contributed by atoms with Gasteiger partial charge in [-0.05, 0) is 6.92 Å². The number of nitrogens with one attached hydrogen (secondary N) is 1. The summed E-state index contributed by atoms with van der Waals surface area (Å²) in [5, 5.41) is 5.31. The highest BCUT2D eigenvalue weighted by molar-refractivity contribution is 7.07. The third-order valence-electron chi connectivity index (χ3n) is 2.39. The number of rotatable bonds is 6. The number of aryl methyl sites for hydroxylation is 3.